The van der Waals surface area contributed by atoms with E-state index in [2.05, 4.69) is 4.25 Å². The standard InChI is InChI=1S/C5H10NOS/c1-5(2,3)8(7)6-4/h4H,1-3H3/q+1. The summed E-state index contributed by atoms with van der Waals surface area (Å²) in [6.45, 7) is 10.2. The molecule has 0 rings (SSSR count). The van der Waals surface area contributed by atoms with Crippen molar-refractivity contribution in [3.8, 4) is 6.57 Å². The number of nitrogens with zero attached hydrogens (tertiary/aromatic N) is 1. The average molecular weight is 132 g/mol. The van der Waals surface area contributed by atoms with Crippen LogP contribution in [0.4, 0.5) is 0 Å². The SMILES string of the molecule is C#[N+]S(=O)C(C)(C)C. The molecule has 0 saturated heterocycles. The van der Waals surface area contributed by atoms with Crippen LogP contribution >= 0.6 is 0 Å². The molecule has 1 atom stereocenters. The lowest BCUT2D eigenvalue weighted by atomic mass is 10.3. The van der Waals surface area contributed by atoms with Gasteiger partial charge in [0.1, 0.15) is 4.75 Å². The molecule has 0 aromatic heterocycles. The second-order valence-corrected chi connectivity index (χ2v) is 4.40. The van der Waals surface area contributed by atoms with E-state index in [-0.39, 0.29) is 4.75 Å². The molecule has 0 heterocycles. The van der Waals surface area contributed by atoms with E-state index < -0.39 is 11.0 Å². The Morgan fingerprint density at radius 3 is 1.88 bits per heavy atom. The van der Waals surface area contributed by atoms with Crippen LogP contribution in [-0.2, 0) is 11.0 Å². The van der Waals surface area contributed by atoms with E-state index in [0.29, 0.717) is 0 Å². The van der Waals surface area contributed by atoms with E-state index in [0.717, 1.165) is 0 Å². The molecule has 2 nitrogen and oxygen atoms in total. The van der Waals surface area contributed by atoms with Crippen molar-refractivity contribution in [2.75, 3.05) is 0 Å². The third kappa shape index (κ3) is 2.08. The molecule has 0 aromatic rings. The molecule has 0 spiro atoms. The predicted molar refractivity (Wildman–Crippen MR) is 36.2 cm³/mol. The summed E-state index contributed by atoms with van der Waals surface area (Å²) in [4.78, 5) is 0. The Kier molecular flexibility index (Phi) is 2.17. The summed E-state index contributed by atoms with van der Waals surface area (Å²) in [6, 6.07) is 0. The van der Waals surface area contributed by atoms with Crippen molar-refractivity contribution in [3.05, 3.63) is 4.25 Å². The Morgan fingerprint density at radius 2 is 1.88 bits per heavy atom. The van der Waals surface area contributed by atoms with Crippen molar-refractivity contribution >= 4 is 11.0 Å². The van der Waals surface area contributed by atoms with E-state index in [1.165, 1.54) is 0 Å². The monoisotopic (exact) mass is 132 g/mol. The fourth-order valence-corrected chi connectivity index (χ4v) is 0.474. The molecule has 8 heavy (non-hydrogen) atoms. The van der Waals surface area contributed by atoms with Gasteiger partial charge in [0.2, 0.25) is 0 Å². The molecule has 3 heteroatoms. The molecule has 46 valence electrons. The highest BCUT2D eigenvalue weighted by atomic mass is 32.2. The second-order valence-electron chi connectivity index (χ2n) is 2.47. The minimum absolute atomic E-state index is 0.311. The normalized spacial score (nSPS) is 14.8. The maximum absolute atomic E-state index is 10.7. The zero-order valence-electron chi connectivity index (χ0n) is 5.34. The number of hydrogen-bond donors (Lipinski definition) is 0. The van der Waals surface area contributed by atoms with Crippen molar-refractivity contribution in [3.63, 3.8) is 0 Å². The predicted octanol–water partition coefficient (Wildman–Crippen LogP) is 1.41. The topological polar surface area (TPSA) is 21.4 Å². The van der Waals surface area contributed by atoms with Crippen molar-refractivity contribution in [1.82, 2.24) is 0 Å². The number of rotatable bonds is 0. The fourth-order valence-electron chi connectivity index (χ4n) is 0.158. The van der Waals surface area contributed by atoms with E-state index in [1.54, 1.807) is 0 Å². The number of hydrogen-bond acceptors (Lipinski definition) is 1. The molecule has 0 amide bonds. The van der Waals surface area contributed by atoms with Gasteiger partial charge in [0.15, 0.2) is 0 Å². The van der Waals surface area contributed by atoms with Crippen molar-refractivity contribution in [2.45, 2.75) is 25.5 Å². The summed E-state index contributed by atoms with van der Waals surface area (Å²) in [7, 11) is -1.24. The summed E-state index contributed by atoms with van der Waals surface area (Å²) in [6.07, 6.45) is 0. The maximum atomic E-state index is 10.7. The van der Waals surface area contributed by atoms with Crippen LogP contribution in [0.1, 0.15) is 20.8 Å². The van der Waals surface area contributed by atoms with Gasteiger partial charge in [-0.3, -0.25) is 0 Å². The summed E-state index contributed by atoms with van der Waals surface area (Å²) in [5.74, 6) is 0. The van der Waals surface area contributed by atoms with E-state index in [1.807, 2.05) is 20.8 Å². The van der Waals surface area contributed by atoms with Crippen molar-refractivity contribution in [1.29, 1.82) is 0 Å². The van der Waals surface area contributed by atoms with Gasteiger partial charge in [-0.1, -0.05) is 0 Å². The van der Waals surface area contributed by atoms with Gasteiger partial charge in [0.05, 0.1) is 0 Å². The summed E-state index contributed by atoms with van der Waals surface area (Å²) >= 11 is 0. The van der Waals surface area contributed by atoms with Crippen LogP contribution in [-0.4, -0.2) is 8.96 Å². The lowest BCUT2D eigenvalue weighted by molar-refractivity contribution is 0.656. The Morgan fingerprint density at radius 1 is 1.50 bits per heavy atom. The largest absolute Gasteiger partial charge is 0.417 e. The molecule has 0 N–H and O–H groups in total. The fraction of sp³-hybridized carbons (Fsp3) is 0.800. The summed E-state index contributed by atoms with van der Waals surface area (Å²) in [5.41, 5.74) is 0. The molecule has 0 aromatic carbocycles. The third-order valence-electron chi connectivity index (χ3n) is 0.620. The zero-order chi connectivity index (χ0) is 6.78. The smallest absolute Gasteiger partial charge is 0.168 e. The van der Waals surface area contributed by atoms with Gasteiger partial charge in [-0.05, 0) is 20.8 Å². The average Bonchev–Trinajstić information content (AvgIpc) is 1.62. The zero-order valence-corrected chi connectivity index (χ0v) is 6.16. The minimum Gasteiger partial charge on any atom is -0.168 e. The van der Waals surface area contributed by atoms with Crippen LogP contribution in [0.3, 0.4) is 0 Å². The highest BCUT2D eigenvalue weighted by molar-refractivity contribution is 7.88. The van der Waals surface area contributed by atoms with Gasteiger partial charge in [-0.2, -0.15) is 4.21 Å². The molecular formula is C5H10NOS+. The summed E-state index contributed by atoms with van der Waals surface area (Å²) in [5, 5.41) is 0. The van der Waals surface area contributed by atoms with E-state index >= 15 is 0 Å². The van der Waals surface area contributed by atoms with Crippen molar-refractivity contribution in [2.24, 2.45) is 0 Å². The van der Waals surface area contributed by atoms with Gasteiger partial charge in [0, 0.05) is 4.25 Å². The molecule has 0 radical (unpaired) electrons. The third-order valence-corrected chi connectivity index (χ3v) is 1.86. The molecule has 0 aliphatic heterocycles. The Labute approximate surface area is 52.3 Å². The maximum Gasteiger partial charge on any atom is 0.417 e. The van der Waals surface area contributed by atoms with Crippen LogP contribution in [0.2, 0.25) is 0 Å². The minimum atomic E-state index is -1.24. The quantitative estimate of drug-likeness (QED) is 0.488. The van der Waals surface area contributed by atoms with E-state index in [4.69, 9.17) is 6.57 Å². The van der Waals surface area contributed by atoms with E-state index in [9.17, 15) is 4.21 Å². The van der Waals surface area contributed by atoms with Gasteiger partial charge >= 0.3 is 11.0 Å². The first-order valence-electron chi connectivity index (χ1n) is 2.31. The first kappa shape index (κ1) is 7.64. The van der Waals surface area contributed by atoms with Gasteiger partial charge in [0.25, 0.3) is 6.57 Å². The van der Waals surface area contributed by atoms with Crippen molar-refractivity contribution < 1.29 is 4.21 Å². The van der Waals surface area contributed by atoms with Crippen LogP contribution in [0.5, 0.6) is 0 Å². The Bertz CT molecular complexity index is 139. The molecule has 0 bridgehead atoms. The van der Waals surface area contributed by atoms with Gasteiger partial charge < -0.3 is 0 Å². The lowest BCUT2D eigenvalue weighted by Crippen LogP contribution is -2.18. The van der Waals surface area contributed by atoms with Crippen LogP contribution < -0.4 is 0 Å². The van der Waals surface area contributed by atoms with Gasteiger partial charge in [-0.25, -0.2) is 0 Å². The Balaban J connectivity index is 4.09. The highest BCUT2D eigenvalue weighted by Crippen LogP contribution is 2.10. The second kappa shape index (κ2) is 2.27. The summed E-state index contributed by atoms with van der Waals surface area (Å²) < 4.78 is 13.5. The molecule has 0 aliphatic rings. The molecule has 0 saturated carbocycles. The Hall–Kier alpha value is -0.360. The first-order chi connectivity index (χ1) is 3.48. The van der Waals surface area contributed by atoms with Crippen LogP contribution in [0.15, 0.2) is 0 Å². The van der Waals surface area contributed by atoms with Crippen LogP contribution in [0, 0.1) is 6.57 Å². The van der Waals surface area contributed by atoms with Crippen LogP contribution in [0.25, 0.3) is 4.25 Å². The highest BCUT2D eigenvalue weighted by Gasteiger charge is 2.27. The molecule has 1 unspecified atom stereocenters. The molecule has 0 aliphatic carbocycles. The lowest BCUT2D eigenvalue weighted by Gasteiger charge is -2.01. The molecular weight excluding hydrogens is 122 g/mol. The van der Waals surface area contributed by atoms with Gasteiger partial charge in [-0.15, -0.1) is 0 Å². The first-order valence-corrected chi connectivity index (χ1v) is 3.42. The molecule has 0 fully saturated rings.